The number of nitrogens with one attached hydrogen (secondary N) is 1. The Morgan fingerprint density at radius 2 is 1.38 bits per heavy atom. The normalized spacial score (nSPS) is 13.9. The molecule has 6 heteroatoms. The minimum Gasteiger partial charge on any atom is -0.406 e. The van der Waals surface area contributed by atoms with Crippen molar-refractivity contribution in [1.82, 2.24) is 4.90 Å². The summed E-state index contributed by atoms with van der Waals surface area (Å²) >= 11 is 0. The highest BCUT2D eigenvalue weighted by molar-refractivity contribution is 5.45. The monoisotopic (exact) mass is 350 g/mol. The van der Waals surface area contributed by atoms with Crippen molar-refractivity contribution in [3.05, 3.63) is 24.3 Å². The van der Waals surface area contributed by atoms with Gasteiger partial charge in [0.25, 0.3) is 0 Å². The lowest BCUT2D eigenvalue weighted by Crippen LogP contribution is -2.24. The number of benzene rings is 1. The molecule has 1 N–H and O–H groups in total. The van der Waals surface area contributed by atoms with Crippen LogP contribution in [0.5, 0.6) is 5.75 Å². The topological polar surface area (TPSA) is 24.5 Å². The number of halogens is 3. The molecule has 1 saturated heterocycles. The van der Waals surface area contributed by atoms with E-state index in [-0.39, 0.29) is 5.75 Å². The fraction of sp³-hybridized carbons (Fsp3) is 0.667. The lowest BCUT2D eigenvalue weighted by Gasteiger charge is -2.20. The van der Waals surface area contributed by atoms with E-state index in [1.807, 2.05) is 27.7 Å². The predicted octanol–water partition coefficient (Wildman–Crippen LogP) is 5.78. The van der Waals surface area contributed by atoms with Crippen molar-refractivity contribution in [1.29, 1.82) is 0 Å². The highest BCUT2D eigenvalue weighted by Gasteiger charge is 2.30. The van der Waals surface area contributed by atoms with Crippen LogP contribution < -0.4 is 10.1 Å². The van der Waals surface area contributed by atoms with Crippen molar-refractivity contribution in [2.75, 3.05) is 32.5 Å². The van der Waals surface area contributed by atoms with Gasteiger partial charge in [-0.15, -0.1) is 13.2 Å². The Labute approximate surface area is 145 Å². The van der Waals surface area contributed by atoms with Gasteiger partial charge in [0.05, 0.1) is 0 Å². The van der Waals surface area contributed by atoms with Crippen LogP contribution in [0.3, 0.4) is 0 Å². The van der Waals surface area contributed by atoms with Crippen molar-refractivity contribution in [2.24, 2.45) is 0 Å². The van der Waals surface area contributed by atoms with Crippen molar-refractivity contribution in [3.8, 4) is 5.75 Å². The number of nitrogens with zero attached hydrogens (tertiary/aromatic N) is 1. The van der Waals surface area contributed by atoms with E-state index in [1.165, 1.54) is 56.6 Å². The van der Waals surface area contributed by atoms with Crippen LogP contribution in [-0.2, 0) is 0 Å². The van der Waals surface area contributed by atoms with Gasteiger partial charge in [0.1, 0.15) is 5.75 Å². The summed E-state index contributed by atoms with van der Waals surface area (Å²) in [5, 5.41) is 2.78. The average Bonchev–Trinajstić information content (AvgIpc) is 2.59. The first-order chi connectivity index (χ1) is 11.4. The summed E-state index contributed by atoms with van der Waals surface area (Å²) in [7, 11) is 3.87. The van der Waals surface area contributed by atoms with Crippen LogP contribution in [0.2, 0.25) is 0 Å². The van der Waals surface area contributed by atoms with E-state index in [4.69, 9.17) is 0 Å². The first-order valence-corrected chi connectivity index (χ1v) is 8.63. The van der Waals surface area contributed by atoms with Crippen LogP contribution in [0.25, 0.3) is 0 Å². The Morgan fingerprint density at radius 1 is 0.917 bits per heavy atom. The first kappa shape index (κ1) is 24.8. The molecule has 1 heterocycles. The van der Waals surface area contributed by atoms with Gasteiger partial charge < -0.3 is 15.0 Å². The van der Waals surface area contributed by atoms with E-state index in [2.05, 4.69) is 22.0 Å². The van der Waals surface area contributed by atoms with Gasteiger partial charge in [-0.05, 0) is 57.2 Å². The quantitative estimate of drug-likeness (QED) is 0.731. The van der Waals surface area contributed by atoms with E-state index in [0.29, 0.717) is 0 Å². The van der Waals surface area contributed by atoms with E-state index in [9.17, 15) is 13.2 Å². The van der Waals surface area contributed by atoms with Crippen molar-refractivity contribution < 1.29 is 17.9 Å². The zero-order valence-corrected chi connectivity index (χ0v) is 15.8. The molecule has 1 aromatic carbocycles. The lowest BCUT2D eigenvalue weighted by atomic mass is 10.1. The summed E-state index contributed by atoms with van der Waals surface area (Å²) in [5.74, 6) is -0.216. The molecule has 24 heavy (non-hydrogen) atoms. The molecule has 2 rings (SSSR count). The smallest absolute Gasteiger partial charge is 0.406 e. The molecule has 0 bridgehead atoms. The van der Waals surface area contributed by atoms with Gasteiger partial charge >= 0.3 is 6.36 Å². The first-order valence-electron chi connectivity index (χ1n) is 8.63. The molecule has 1 aliphatic heterocycles. The molecule has 0 saturated carbocycles. The number of ether oxygens (including phenoxy) is 1. The summed E-state index contributed by atoms with van der Waals surface area (Å²) < 4.78 is 38.7. The third kappa shape index (κ3) is 14.2. The Hall–Kier alpha value is -1.43. The van der Waals surface area contributed by atoms with Gasteiger partial charge in [0.15, 0.2) is 0 Å². The molecule has 0 radical (unpaired) electrons. The Balaban J connectivity index is 0. The zero-order chi connectivity index (χ0) is 19.0. The SMILES string of the molecule is CC.CC.CN1CCCCC1.CNc1ccc(OC(F)(F)F)cc1. The molecule has 0 amide bonds. The molecule has 0 atom stereocenters. The summed E-state index contributed by atoms with van der Waals surface area (Å²) in [6.07, 6.45) is -0.349. The van der Waals surface area contributed by atoms with Crippen LogP contribution in [0.15, 0.2) is 24.3 Å². The zero-order valence-electron chi connectivity index (χ0n) is 15.8. The number of likely N-dealkylation sites (tertiary alicyclic amines) is 1. The largest absolute Gasteiger partial charge is 0.573 e. The van der Waals surface area contributed by atoms with Crippen LogP contribution >= 0.6 is 0 Å². The molecule has 3 nitrogen and oxygen atoms in total. The fourth-order valence-corrected chi connectivity index (χ4v) is 1.88. The van der Waals surface area contributed by atoms with Gasteiger partial charge in [-0.2, -0.15) is 0 Å². The van der Waals surface area contributed by atoms with Gasteiger partial charge in [0.2, 0.25) is 0 Å². The number of alkyl halides is 3. The summed E-state index contributed by atoms with van der Waals surface area (Å²) in [4.78, 5) is 2.39. The maximum atomic E-state index is 11.7. The minimum atomic E-state index is -4.62. The van der Waals surface area contributed by atoms with E-state index in [1.54, 1.807) is 7.05 Å². The highest BCUT2D eigenvalue weighted by atomic mass is 19.4. The average molecular weight is 350 g/mol. The molecule has 1 aliphatic rings. The van der Waals surface area contributed by atoms with Crippen molar-refractivity contribution in [3.63, 3.8) is 0 Å². The lowest BCUT2D eigenvalue weighted by molar-refractivity contribution is -0.274. The van der Waals surface area contributed by atoms with E-state index in [0.717, 1.165) is 5.69 Å². The third-order valence-electron chi connectivity index (χ3n) is 2.96. The molecule has 1 fully saturated rings. The number of piperidine rings is 1. The number of hydrogen-bond donors (Lipinski definition) is 1. The minimum absolute atomic E-state index is 0.216. The van der Waals surface area contributed by atoms with E-state index >= 15 is 0 Å². The second kappa shape index (κ2) is 15.1. The molecule has 0 aliphatic carbocycles. The van der Waals surface area contributed by atoms with E-state index < -0.39 is 6.36 Å². The maximum absolute atomic E-state index is 11.7. The standard InChI is InChI=1S/C8H8F3NO.C6H13N.2C2H6/c1-12-6-2-4-7(5-3-6)13-8(9,10)11;1-7-5-3-2-4-6-7;2*1-2/h2-5,12H,1H3;2-6H2,1H3;2*1-2H3. The number of anilines is 1. The second-order valence-corrected chi connectivity index (χ2v) is 4.69. The predicted molar refractivity (Wildman–Crippen MR) is 96.7 cm³/mol. The fourth-order valence-electron chi connectivity index (χ4n) is 1.88. The Morgan fingerprint density at radius 3 is 1.67 bits per heavy atom. The van der Waals surface area contributed by atoms with Crippen LogP contribution in [0.1, 0.15) is 47.0 Å². The third-order valence-corrected chi connectivity index (χ3v) is 2.96. The summed E-state index contributed by atoms with van der Waals surface area (Å²) in [6, 6.07) is 5.50. The number of hydrogen-bond acceptors (Lipinski definition) is 3. The van der Waals surface area contributed by atoms with Crippen molar-refractivity contribution >= 4 is 5.69 Å². The summed E-state index contributed by atoms with van der Waals surface area (Å²) in [6.45, 7) is 10.6. The van der Waals surface area contributed by atoms with Crippen LogP contribution in [-0.4, -0.2) is 38.4 Å². The van der Waals surface area contributed by atoms with Gasteiger partial charge in [-0.3, -0.25) is 0 Å². The number of rotatable bonds is 2. The second-order valence-electron chi connectivity index (χ2n) is 4.69. The molecule has 142 valence electrons. The Bertz CT molecular complexity index is 375. The Kier molecular flexibility index (Phi) is 15.6. The maximum Gasteiger partial charge on any atom is 0.573 e. The van der Waals surface area contributed by atoms with Gasteiger partial charge in [-0.1, -0.05) is 34.1 Å². The molecular formula is C18H33F3N2O. The highest BCUT2D eigenvalue weighted by Crippen LogP contribution is 2.23. The summed E-state index contributed by atoms with van der Waals surface area (Å²) in [5.41, 5.74) is 0.731. The molecule has 0 unspecified atom stereocenters. The molecular weight excluding hydrogens is 317 g/mol. The van der Waals surface area contributed by atoms with Crippen molar-refractivity contribution in [2.45, 2.75) is 53.3 Å². The molecule has 1 aromatic rings. The van der Waals surface area contributed by atoms with Crippen LogP contribution in [0.4, 0.5) is 18.9 Å². The molecule has 0 aromatic heterocycles. The van der Waals surface area contributed by atoms with Gasteiger partial charge in [-0.25, -0.2) is 0 Å². The van der Waals surface area contributed by atoms with Gasteiger partial charge in [0, 0.05) is 12.7 Å². The molecule has 0 spiro atoms. The van der Waals surface area contributed by atoms with Crippen LogP contribution in [0, 0.1) is 0 Å².